The summed E-state index contributed by atoms with van der Waals surface area (Å²) >= 11 is 0. The van der Waals surface area contributed by atoms with Crippen molar-refractivity contribution in [3.63, 3.8) is 0 Å². The van der Waals surface area contributed by atoms with Crippen LogP contribution in [0.2, 0.25) is 0 Å². The molecule has 0 fully saturated rings. The van der Waals surface area contributed by atoms with Gasteiger partial charge in [0.25, 0.3) is 0 Å². The molecule has 33 heavy (non-hydrogen) atoms. The molecule has 1 atom stereocenters. The van der Waals surface area contributed by atoms with Crippen molar-refractivity contribution in [1.82, 2.24) is 4.98 Å². The van der Waals surface area contributed by atoms with E-state index in [1.807, 2.05) is 37.3 Å². The zero-order valence-electron chi connectivity index (χ0n) is 19.3. The minimum atomic E-state index is -0.804. The summed E-state index contributed by atoms with van der Waals surface area (Å²) < 4.78 is 0. The van der Waals surface area contributed by atoms with Crippen molar-refractivity contribution in [2.45, 2.75) is 51.9 Å². The Morgan fingerprint density at radius 3 is 2.39 bits per heavy atom. The number of rotatable bonds is 5. The van der Waals surface area contributed by atoms with E-state index >= 15 is 0 Å². The number of benzene rings is 3. The molecular formula is C30H29NO2. The second-order valence-corrected chi connectivity index (χ2v) is 9.24. The molecule has 1 unspecified atom stereocenters. The van der Waals surface area contributed by atoms with Crippen molar-refractivity contribution in [3.8, 4) is 11.1 Å². The third-order valence-electron chi connectivity index (χ3n) is 6.98. The molecule has 0 spiro atoms. The van der Waals surface area contributed by atoms with E-state index in [2.05, 4.69) is 43.3 Å². The van der Waals surface area contributed by atoms with E-state index in [0.717, 1.165) is 58.1 Å². The predicted molar refractivity (Wildman–Crippen MR) is 134 cm³/mol. The number of carboxylic acid groups (broad SMARTS) is 1. The Labute approximate surface area is 195 Å². The number of carboxylic acids is 1. The zero-order valence-corrected chi connectivity index (χ0v) is 19.3. The quantitative estimate of drug-likeness (QED) is 0.375. The highest BCUT2D eigenvalue weighted by molar-refractivity contribution is 6.01. The highest BCUT2D eigenvalue weighted by atomic mass is 16.4. The Balaban J connectivity index is 1.83. The number of aromatic nitrogens is 1. The van der Waals surface area contributed by atoms with E-state index in [4.69, 9.17) is 4.98 Å². The van der Waals surface area contributed by atoms with Crippen LogP contribution in [-0.4, -0.2) is 16.1 Å². The second-order valence-electron chi connectivity index (χ2n) is 9.24. The van der Waals surface area contributed by atoms with E-state index in [9.17, 15) is 9.90 Å². The molecule has 0 amide bonds. The van der Waals surface area contributed by atoms with E-state index < -0.39 is 11.9 Å². The Morgan fingerprint density at radius 2 is 1.67 bits per heavy atom. The second kappa shape index (κ2) is 8.82. The van der Waals surface area contributed by atoms with Crippen LogP contribution in [0.1, 0.15) is 52.3 Å². The van der Waals surface area contributed by atoms with Gasteiger partial charge in [-0.15, -0.1) is 0 Å². The van der Waals surface area contributed by atoms with E-state index in [-0.39, 0.29) is 0 Å². The number of fused-ring (bicyclic) bond motifs is 3. The highest BCUT2D eigenvalue weighted by Gasteiger charge is 2.29. The topological polar surface area (TPSA) is 50.2 Å². The Hall–Kier alpha value is -3.46. The SMILES string of the molecule is Cc1ccc(-c2c(C(Cc3ccccc3)C(=O)O)c(C)nc3ccc4c(c23)CCCC4)cc1. The van der Waals surface area contributed by atoms with Crippen molar-refractivity contribution in [2.24, 2.45) is 0 Å². The molecule has 1 aliphatic carbocycles. The number of aliphatic carboxylic acids is 1. The summed E-state index contributed by atoms with van der Waals surface area (Å²) in [7, 11) is 0. The first-order valence-corrected chi connectivity index (χ1v) is 11.8. The smallest absolute Gasteiger partial charge is 0.311 e. The number of pyridine rings is 1. The molecule has 1 aliphatic rings. The van der Waals surface area contributed by atoms with Gasteiger partial charge in [-0.1, -0.05) is 66.2 Å². The van der Waals surface area contributed by atoms with Crippen molar-refractivity contribution in [2.75, 3.05) is 0 Å². The van der Waals surface area contributed by atoms with Crippen LogP contribution in [-0.2, 0) is 24.1 Å². The summed E-state index contributed by atoms with van der Waals surface area (Å²) in [6.45, 7) is 4.05. The molecule has 1 aromatic heterocycles. The predicted octanol–water partition coefficient (Wildman–Crippen LogP) is 6.81. The summed E-state index contributed by atoms with van der Waals surface area (Å²) in [5.41, 5.74) is 9.70. The van der Waals surface area contributed by atoms with Crippen molar-refractivity contribution in [1.29, 1.82) is 0 Å². The van der Waals surface area contributed by atoms with Gasteiger partial charge in [0.1, 0.15) is 0 Å². The van der Waals surface area contributed by atoms with Crippen molar-refractivity contribution >= 4 is 16.9 Å². The average Bonchev–Trinajstić information content (AvgIpc) is 2.83. The van der Waals surface area contributed by atoms with E-state index in [0.29, 0.717) is 6.42 Å². The molecular weight excluding hydrogens is 406 g/mol. The van der Waals surface area contributed by atoms with Gasteiger partial charge in [0.05, 0.1) is 11.4 Å². The van der Waals surface area contributed by atoms with Gasteiger partial charge in [0.15, 0.2) is 0 Å². The lowest BCUT2D eigenvalue weighted by atomic mass is 9.80. The third kappa shape index (κ3) is 4.04. The van der Waals surface area contributed by atoms with Crippen LogP contribution in [0.4, 0.5) is 0 Å². The van der Waals surface area contributed by atoms with Crippen LogP contribution in [0.3, 0.4) is 0 Å². The maximum Gasteiger partial charge on any atom is 0.311 e. The van der Waals surface area contributed by atoms with Crippen LogP contribution >= 0.6 is 0 Å². The molecule has 0 saturated heterocycles. The Morgan fingerprint density at radius 1 is 0.939 bits per heavy atom. The molecule has 5 rings (SSSR count). The summed E-state index contributed by atoms with van der Waals surface area (Å²) in [5.74, 6) is -1.47. The average molecular weight is 436 g/mol. The monoisotopic (exact) mass is 435 g/mol. The van der Waals surface area contributed by atoms with Crippen LogP contribution in [0.25, 0.3) is 22.0 Å². The van der Waals surface area contributed by atoms with Crippen molar-refractivity contribution < 1.29 is 9.90 Å². The minimum absolute atomic E-state index is 0.443. The zero-order chi connectivity index (χ0) is 22.9. The lowest BCUT2D eigenvalue weighted by molar-refractivity contribution is -0.138. The third-order valence-corrected chi connectivity index (χ3v) is 6.98. The van der Waals surface area contributed by atoms with Crippen LogP contribution in [0, 0.1) is 13.8 Å². The van der Waals surface area contributed by atoms with Crippen LogP contribution in [0.5, 0.6) is 0 Å². The fraction of sp³-hybridized carbons (Fsp3) is 0.267. The molecule has 0 aliphatic heterocycles. The standard InChI is InChI=1S/C30H29NO2/c1-19-12-14-23(15-13-19)28-27(25(30(32)33)18-21-8-4-3-5-9-21)20(2)31-26-17-16-22-10-6-7-11-24(22)29(26)28/h3-5,8-9,12-17,25H,6-7,10-11,18H2,1-2H3,(H,32,33). The fourth-order valence-corrected chi connectivity index (χ4v) is 5.35. The molecule has 0 saturated carbocycles. The fourth-order valence-electron chi connectivity index (χ4n) is 5.35. The van der Waals surface area contributed by atoms with Crippen LogP contribution < -0.4 is 0 Å². The number of hydrogen-bond donors (Lipinski definition) is 1. The molecule has 1 N–H and O–H groups in total. The summed E-state index contributed by atoms with van der Waals surface area (Å²) in [5, 5.41) is 11.6. The van der Waals surface area contributed by atoms with Gasteiger partial charge in [0, 0.05) is 11.1 Å². The number of carbonyl (C=O) groups is 1. The van der Waals surface area contributed by atoms with Gasteiger partial charge >= 0.3 is 5.97 Å². The van der Waals surface area contributed by atoms with Gasteiger partial charge in [-0.25, -0.2) is 0 Å². The lowest BCUT2D eigenvalue weighted by Gasteiger charge is -2.25. The molecule has 166 valence electrons. The molecule has 1 heterocycles. The van der Waals surface area contributed by atoms with Crippen LogP contribution in [0.15, 0.2) is 66.7 Å². The van der Waals surface area contributed by atoms with Gasteiger partial charge in [-0.05, 0) is 85.4 Å². The largest absolute Gasteiger partial charge is 0.481 e. The van der Waals surface area contributed by atoms with E-state index in [1.54, 1.807) is 0 Å². The highest BCUT2D eigenvalue weighted by Crippen LogP contribution is 2.42. The lowest BCUT2D eigenvalue weighted by Crippen LogP contribution is -2.18. The maximum atomic E-state index is 12.7. The normalized spacial score (nSPS) is 14.1. The first kappa shape index (κ1) is 21.4. The van der Waals surface area contributed by atoms with Gasteiger partial charge in [-0.2, -0.15) is 0 Å². The molecule has 3 aromatic carbocycles. The molecule has 4 aromatic rings. The molecule has 3 heteroatoms. The van der Waals surface area contributed by atoms with Crippen molar-refractivity contribution in [3.05, 3.63) is 100 Å². The minimum Gasteiger partial charge on any atom is -0.481 e. The number of nitrogens with zero attached hydrogens (tertiary/aromatic N) is 1. The maximum absolute atomic E-state index is 12.7. The van der Waals surface area contributed by atoms with Gasteiger partial charge < -0.3 is 5.11 Å². The molecule has 3 nitrogen and oxygen atoms in total. The summed E-state index contributed by atoms with van der Waals surface area (Å²) in [6, 6.07) is 22.8. The summed E-state index contributed by atoms with van der Waals surface area (Å²) in [6.07, 6.45) is 4.91. The molecule has 0 radical (unpaired) electrons. The number of hydrogen-bond acceptors (Lipinski definition) is 2. The summed E-state index contributed by atoms with van der Waals surface area (Å²) in [4.78, 5) is 17.7. The first-order chi connectivity index (χ1) is 16.0. The van der Waals surface area contributed by atoms with E-state index in [1.165, 1.54) is 23.1 Å². The molecule has 0 bridgehead atoms. The first-order valence-electron chi connectivity index (χ1n) is 11.8. The Kier molecular flexibility index (Phi) is 5.72. The van der Waals surface area contributed by atoms with Gasteiger partial charge in [-0.3, -0.25) is 9.78 Å². The number of aryl methyl sites for hydroxylation is 4. The van der Waals surface area contributed by atoms with Gasteiger partial charge in [0.2, 0.25) is 0 Å². The Bertz CT molecular complexity index is 1320.